The van der Waals surface area contributed by atoms with Gasteiger partial charge in [-0.1, -0.05) is 31.0 Å². The molecule has 0 amide bonds. The number of nitrogens with zero attached hydrogens (tertiary/aromatic N) is 2. The summed E-state index contributed by atoms with van der Waals surface area (Å²) in [5.74, 6) is 6.90. The van der Waals surface area contributed by atoms with Crippen LogP contribution in [0.15, 0.2) is 24.5 Å². The molecule has 0 saturated heterocycles. The Bertz CT molecular complexity index is 600. The zero-order valence-corrected chi connectivity index (χ0v) is 12.3. The van der Waals surface area contributed by atoms with Gasteiger partial charge >= 0.3 is 0 Å². The minimum atomic E-state index is 0.643. The van der Waals surface area contributed by atoms with Crippen LogP contribution in [0.3, 0.4) is 0 Å². The minimum Gasteiger partial charge on any atom is -0.340 e. The highest BCUT2D eigenvalue weighted by Crippen LogP contribution is 2.28. The van der Waals surface area contributed by atoms with E-state index in [4.69, 9.17) is 17.4 Å². The molecule has 0 unspecified atom stereocenters. The Kier molecular flexibility index (Phi) is 4.76. The van der Waals surface area contributed by atoms with E-state index in [-0.39, 0.29) is 0 Å². The summed E-state index contributed by atoms with van der Waals surface area (Å²) >= 11 is 6.13. The summed E-state index contributed by atoms with van der Waals surface area (Å²) in [7, 11) is 0. The van der Waals surface area contributed by atoms with Gasteiger partial charge in [-0.25, -0.2) is 15.8 Å². The number of halogens is 1. The zero-order valence-electron chi connectivity index (χ0n) is 11.6. The van der Waals surface area contributed by atoms with Crippen molar-refractivity contribution in [1.29, 1.82) is 0 Å². The lowest BCUT2D eigenvalue weighted by Crippen LogP contribution is -2.13. The van der Waals surface area contributed by atoms with Gasteiger partial charge in [-0.15, -0.1) is 0 Å². The molecule has 2 aromatic rings. The van der Waals surface area contributed by atoms with E-state index >= 15 is 0 Å². The summed E-state index contributed by atoms with van der Waals surface area (Å²) in [6.45, 7) is 4.06. The van der Waals surface area contributed by atoms with Crippen LogP contribution in [0.1, 0.15) is 24.5 Å². The first-order valence-electron chi connectivity index (χ1n) is 6.50. The Morgan fingerprint density at radius 3 is 2.70 bits per heavy atom. The number of nitrogens with one attached hydrogen (secondary N) is 2. The summed E-state index contributed by atoms with van der Waals surface area (Å²) in [6, 6.07) is 5.73. The summed E-state index contributed by atoms with van der Waals surface area (Å²) in [4.78, 5) is 8.46. The number of nitrogen functional groups attached to an aromatic ring is 1. The Hall–Kier alpha value is -1.85. The van der Waals surface area contributed by atoms with Crippen molar-refractivity contribution in [3.05, 3.63) is 40.7 Å². The smallest absolute Gasteiger partial charge is 0.148 e. The van der Waals surface area contributed by atoms with Gasteiger partial charge in [-0.3, -0.25) is 0 Å². The number of hydrazine groups is 1. The summed E-state index contributed by atoms with van der Waals surface area (Å²) < 4.78 is 0. The van der Waals surface area contributed by atoms with E-state index in [0.29, 0.717) is 5.82 Å². The maximum Gasteiger partial charge on any atom is 0.148 e. The lowest BCUT2D eigenvalue weighted by molar-refractivity contribution is 0.903. The maximum atomic E-state index is 6.13. The Balaban J connectivity index is 2.40. The van der Waals surface area contributed by atoms with Crippen LogP contribution >= 0.6 is 11.6 Å². The van der Waals surface area contributed by atoms with Crippen molar-refractivity contribution in [2.24, 2.45) is 5.84 Å². The second-order valence-corrected chi connectivity index (χ2v) is 4.89. The maximum absolute atomic E-state index is 6.13. The summed E-state index contributed by atoms with van der Waals surface area (Å²) in [5, 5.41) is 4.03. The van der Waals surface area contributed by atoms with Crippen LogP contribution in [-0.2, 0) is 6.42 Å². The van der Waals surface area contributed by atoms with Crippen LogP contribution in [0.5, 0.6) is 0 Å². The van der Waals surface area contributed by atoms with Crippen molar-refractivity contribution in [2.45, 2.75) is 26.7 Å². The second kappa shape index (κ2) is 6.54. The zero-order chi connectivity index (χ0) is 14.5. The molecule has 0 atom stereocenters. The van der Waals surface area contributed by atoms with E-state index in [9.17, 15) is 0 Å². The molecule has 0 bridgehead atoms. The molecule has 2 rings (SSSR count). The molecule has 0 aliphatic rings. The first kappa shape index (κ1) is 14.6. The number of benzene rings is 1. The van der Waals surface area contributed by atoms with Crippen LogP contribution in [0.4, 0.5) is 17.3 Å². The molecular formula is C14H18ClN5. The van der Waals surface area contributed by atoms with E-state index in [0.717, 1.165) is 40.5 Å². The van der Waals surface area contributed by atoms with Crippen molar-refractivity contribution in [3.8, 4) is 0 Å². The van der Waals surface area contributed by atoms with Gasteiger partial charge in [0.1, 0.15) is 18.0 Å². The first-order valence-corrected chi connectivity index (χ1v) is 6.87. The topological polar surface area (TPSA) is 75.9 Å². The van der Waals surface area contributed by atoms with Gasteiger partial charge in [0.2, 0.25) is 0 Å². The highest BCUT2D eigenvalue weighted by atomic mass is 35.5. The van der Waals surface area contributed by atoms with Gasteiger partial charge in [-0.05, 0) is 31.0 Å². The molecule has 6 heteroatoms. The SMILES string of the molecule is CCCc1c(NN)ncnc1Nc1cccc(Cl)c1C. The van der Waals surface area contributed by atoms with E-state index < -0.39 is 0 Å². The van der Waals surface area contributed by atoms with Gasteiger partial charge in [-0.2, -0.15) is 0 Å². The fourth-order valence-corrected chi connectivity index (χ4v) is 2.18. The first-order chi connectivity index (χ1) is 9.67. The van der Waals surface area contributed by atoms with E-state index in [1.165, 1.54) is 6.33 Å². The predicted molar refractivity (Wildman–Crippen MR) is 83.3 cm³/mol. The third-order valence-corrected chi connectivity index (χ3v) is 3.51. The fraction of sp³-hybridized carbons (Fsp3) is 0.286. The third kappa shape index (κ3) is 3.00. The molecule has 0 saturated carbocycles. The molecule has 4 N–H and O–H groups in total. The average molecular weight is 292 g/mol. The number of aromatic nitrogens is 2. The number of anilines is 3. The minimum absolute atomic E-state index is 0.643. The average Bonchev–Trinajstić information content (AvgIpc) is 2.46. The highest BCUT2D eigenvalue weighted by Gasteiger charge is 2.11. The van der Waals surface area contributed by atoms with E-state index in [1.54, 1.807) is 0 Å². The van der Waals surface area contributed by atoms with Crippen LogP contribution in [0, 0.1) is 6.92 Å². The highest BCUT2D eigenvalue weighted by molar-refractivity contribution is 6.31. The number of hydrogen-bond donors (Lipinski definition) is 3. The Morgan fingerprint density at radius 2 is 2.00 bits per heavy atom. The second-order valence-electron chi connectivity index (χ2n) is 4.48. The molecule has 1 heterocycles. The van der Waals surface area contributed by atoms with Crippen LogP contribution in [0.2, 0.25) is 5.02 Å². The lowest BCUT2D eigenvalue weighted by Gasteiger charge is -2.15. The van der Waals surface area contributed by atoms with Crippen LogP contribution in [-0.4, -0.2) is 9.97 Å². The fourth-order valence-electron chi connectivity index (χ4n) is 2.00. The normalized spacial score (nSPS) is 10.4. The van der Waals surface area contributed by atoms with E-state index in [2.05, 4.69) is 27.6 Å². The van der Waals surface area contributed by atoms with Gasteiger partial charge < -0.3 is 10.7 Å². The summed E-state index contributed by atoms with van der Waals surface area (Å²) in [6.07, 6.45) is 3.30. The molecule has 0 fully saturated rings. The number of rotatable bonds is 5. The molecule has 1 aromatic heterocycles. The van der Waals surface area contributed by atoms with Crippen LogP contribution in [0.25, 0.3) is 0 Å². The van der Waals surface area contributed by atoms with Crippen molar-refractivity contribution >= 4 is 28.9 Å². The van der Waals surface area contributed by atoms with Gasteiger partial charge in [0.15, 0.2) is 0 Å². The Morgan fingerprint density at radius 1 is 1.25 bits per heavy atom. The Labute approximate surface area is 123 Å². The quantitative estimate of drug-likeness (QED) is 0.581. The van der Waals surface area contributed by atoms with Crippen molar-refractivity contribution in [2.75, 3.05) is 10.7 Å². The third-order valence-electron chi connectivity index (χ3n) is 3.10. The van der Waals surface area contributed by atoms with Crippen molar-refractivity contribution in [1.82, 2.24) is 9.97 Å². The molecule has 0 spiro atoms. The van der Waals surface area contributed by atoms with E-state index in [1.807, 2.05) is 25.1 Å². The molecule has 20 heavy (non-hydrogen) atoms. The molecule has 1 aromatic carbocycles. The molecule has 0 radical (unpaired) electrons. The largest absolute Gasteiger partial charge is 0.340 e. The lowest BCUT2D eigenvalue weighted by atomic mass is 10.1. The standard InChI is InChI=1S/C14H18ClN5/c1-3-5-10-13(17-8-18-14(10)20-16)19-12-7-4-6-11(15)9(12)2/h4,6-8H,3,5,16H2,1-2H3,(H2,17,18,19,20). The summed E-state index contributed by atoms with van der Waals surface area (Å²) in [5.41, 5.74) is 5.50. The van der Waals surface area contributed by atoms with Gasteiger partial charge in [0.25, 0.3) is 0 Å². The number of hydrogen-bond acceptors (Lipinski definition) is 5. The molecule has 106 valence electrons. The van der Waals surface area contributed by atoms with Gasteiger partial charge in [0.05, 0.1) is 0 Å². The molecule has 5 nitrogen and oxygen atoms in total. The van der Waals surface area contributed by atoms with Gasteiger partial charge in [0, 0.05) is 16.3 Å². The monoisotopic (exact) mass is 291 g/mol. The molecular weight excluding hydrogens is 274 g/mol. The number of nitrogens with two attached hydrogens (primary N) is 1. The molecule has 0 aliphatic carbocycles. The predicted octanol–water partition coefficient (Wildman–Crippen LogP) is 3.42. The van der Waals surface area contributed by atoms with Crippen molar-refractivity contribution < 1.29 is 0 Å². The van der Waals surface area contributed by atoms with Crippen LogP contribution < -0.4 is 16.6 Å². The van der Waals surface area contributed by atoms with Crippen molar-refractivity contribution in [3.63, 3.8) is 0 Å². The molecule has 0 aliphatic heterocycles.